The van der Waals surface area contributed by atoms with Crippen LogP contribution in [0.2, 0.25) is 16.6 Å². The fourth-order valence-electron chi connectivity index (χ4n) is 4.60. The van der Waals surface area contributed by atoms with Crippen molar-refractivity contribution in [2.24, 2.45) is 0 Å². The van der Waals surface area contributed by atoms with Gasteiger partial charge >= 0.3 is 0 Å². The summed E-state index contributed by atoms with van der Waals surface area (Å²) < 4.78 is 34.4. The summed E-state index contributed by atoms with van der Waals surface area (Å²) in [6.45, 7) is 14.7. The van der Waals surface area contributed by atoms with Gasteiger partial charge in [-0.3, -0.25) is 4.18 Å². The Morgan fingerprint density at radius 2 is 1.59 bits per heavy atom. The van der Waals surface area contributed by atoms with Crippen LogP contribution < -0.4 is 0 Å². The largest absolute Gasteiger partial charge is 0.415 e. The maximum absolute atomic E-state index is 11.3. The van der Waals surface area contributed by atoms with Crippen LogP contribution in [0.15, 0.2) is 24.3 Å². The van der Waals surface area contributed by atoms with Crippen LogP contribution in [0.4, 0.5) is 0 Å². The van der Waals surface area contributed by atoms with Gasteiger partial charge in [0.05, 0.1) is 12.9 Å². The van der Waals surface area contributed by atoms with E-state index in [-0.39, 0.29) is 12.0 Å². The third-order valence-corrected chi connectivity index (χ3v) is 12.7. The van der Waals surface area contributed by atoms with Crippen LogP contribution in [-0.2, 0) is 30.7 Å². The van der Waals surface area contributed by atoms with E-state index >= 15 is 0 Å². The topological polar surface area (TPSA) is 52.6 Å². The summed E-state index contributed by atoms with van der Waals surface area (Å²) in [5, 5.41) is 0. The first-order chi connectivity index (χ1) is 12.4. The number of hydrogen-bond donors (Lipinski definition) is 0. The molecule has 0 bridgehead atoms. The van der Waals surface area contributed by atoms with Gasteiger partial charge in [0.1, 0.15) is 0 Å². The molecule has 0 unspecified atom stereocenters. The lowest BCUT2D eigenvalue weighted by atomic mass is 9.95. The summed E-state index contributed by atoms with van der Waals surface area (Å²) in [5.74, 6) is 0. The molecule has 1 aliphatic carbocycles. The first-order valence-corrected chi connectivity index (χ1v) is 14.0. The van der Waals surface area contributed by atoms with Crippen molar-refractivity contribution in [1.82, 2.24) is 0 Å². The van der Waals surface area contributed by atoms with Crippen molar-refractivity contribution in [2.45, 2.75) is 83.0 Å². The van der Waals surface area contributed by atoms with Crippen LogP contribution in [0.3, 0.4) is 0 Å². The molecule has 0 saturated heterocycles. The molecule has 1 aliphatic rings. The lowest BCUT2D eigenvalue weighted by molar-refractivity contribution is 0.244. The predicted molar refractivity (Wildman–Crippen MR) is 114 cm³/mol. The molecule has 0 aromatic heterocycles. The van der Waals surface area contributed by atoms with Crippen LogP contribution in [0.5, 0.6) is 0 Å². The lowest BCUT2D eigenvalue weighted by Gasteiger charge is -2.43. The summed E-state index contributed by atoms with van der Waals surface area (Å²) in [7, 11) is -5.32. The van der Waals surface area contributed by atoms with Crippen LogP contribution in [0.25, 0.3) is 0 Å². The van der Waals surface area contributed by atoms with Crippen molar-refractivity contribution >= 4 is 18.4 Å². The Balaban J connectivity index is 2.17. The molecule has 0 atom stereocenters. The zero-order chi connectivity index (χ0) is 20.5. The highest BCUT2D eigenvalue weighted by molar-refractivity contribution is 7.85. The van der Waals surface area contributed by atoms with E-state index in [1.807, 2.05) is 12.1 Å². The molecule has 0 heterocycles. The van der Waals surface area contributed by atoms with Crippen molar-refractivity contribution in [3.63, 3.8) is 0 Å². The smallest absolute Gasteiger partial charge is 0.264 e. The normalized spacial score (nSPS) is 17.1. The fourth-order valence-corrected chi connectivity index (χ4v) is 10.5. The Labute approximate surface area is 166 Å². The minimum absolute atomic E-state index is 0.0814. The lowest BCUT2D eigenvalue weighted by Crippen LogP contribution is -2.49. The SMILES string of the molecule is CC(C)[Si](OCC1(c2cccc(COS(C)(=O)=O)c2)CC1)(C(C)C)C(C)C. The van der Waals surface area contributed by atoms with E-state index < -0.39 is 18.4 Å². The van der Waals surface area contributed by atoms with Gasteiger partial charge in [0, 0.05) is 12.0 Å². The van der Waals surface area contributed by atoms with Crippen molar-refractivity contribution < 1.29 is 17.0 Å². The molecular weight excluding hydrogens is 376 g/mol. The third kappa shape index (κ3) is 5.22. The number of hydrogen-bond acceptors (Lipinski definition) is 4. The average molecular weight is 413 g/mol. The monoisotopic (exact) mass is 412 g/mol. The molecule has 154 valence electrons. The molecule has 2 rings (SSSR count). The first kappa shape index (κ1) is 22.6. The van der Waals surface area contributed by atoms with Gasteiger partial charge in [0.2, 0.25) is 0 Å². The Kier molecular flexibility index (Phi) is 6.99. The Morgan fingerprint density at radius 1 is 1.04 bits per heavy atom. The molecule has 0 spiro atoms. The summed E-state index contributed by atoms with van der Waals surface area (Å²) in [4.78, 5) is 0. The summed E-state index contributed by atoms with van der Waals surface area (Å²) in [6, 6.07) is 8.14. The highest BCUT2D eigenvalue weighted by Crippen LogP contribution is 2.51. The van der Waals surface area contributed by atoms with Crippen LogP contribution >= 0.6 is 0 Å². The van der Waals surface area contributed by atoms with Crippen LogP contribution in [0, 0.1) is 0 Å². The molecule has 1 fully saturated rings. The first-order valence-electron chi connectivity index (χ1n) is 10.0. The molecule has 1 aromatic carbocycles. The second-order valence-electron chi connectivity index (χ2n) is 9.05. The van der Waals surface area contributed by atoms with Crippen molar-refractivity contribution in [3.05, 3.63) is 35.4 Å². The predicted octanol–water partition coefficient (Wildman–Crippen LogP) is 5.39. The van der Waals surface area contributed by atoms with E-state index in [1.165, 1.54) is 5.56 Å². The number of benzene rings is 1. The van der Waals surface area contributed by atoms with Gasteiger partial charge in [-0.15, -0.1) is 0 Å². The molecule has 4 nitrogen and oxygen atoms in total. The average Bonchev–Trinajstić information content (AvgIpc) is 3.33. The van der Waals surface area contributed by atoms with Gasteiger partial charge in [0.15, 0.2) is 8.32 Å². The second kappa shape index (κ2) is 8.35. The van der Waals surface area contributed by atoms with Crippen molar-refractivity contribution in [1.29, 1.82) is 0 Å². The minimum Gasteiger partial charge on any atom is -0.415 e. The van der Waals surface area contributed by atoms with E-state index in [0.717, 1.165) is 31.3 Å². The van der Waals surface area contributed by atoms with E-state index in [1.54, 1.807) is 0 Å². The fraction of sp³-hybridized carbons (Fsp3) is 0.714. The Morgan fingerprint density at radius 3 is 2.04 bits per heavy atom. The van der Waals surface area contributed by atoms with E-state index in [4.69, 9.17) is 8.61 Å². The second-order valence-corrected chi connectivity index (χ2v) is 16.2. The van der Waals surface area contributed by atoms with E-state index in [0.29, 0.717) is 16.6 Å². The number of rotatable bonds is 10. The van der Waals surface area contributed by atoms with Crippen molar-refractivity contribution in [3.8, 4) is 0 Å². The van der Waals surface area contributed by atoms with E-state index in [2.05, 4.69) is 53.7 Å². The quantitative estimate of drug-likeness (QED) is 0.382. The standard InChI is InChI=1S/C21H36O4SSi/c1-16(2)27(17(3)4,18(5)6)25-15-21(11-12-21)20-10-8-9-19(13-20)14-24-26(7,22)23/h8-10,13,16-18H,11-12,14-15H2,1-7H3. The molecule has 1 saturated carbocycles. The van der Waals surface area contributed by atoms with Crippen LogP contribution in [-0.4, -0.2) is 29.6 Å². The van der Waals surface area contributed by atoms with Gasteiger partial charge in [-0.25, -0.2) is 0 Å². The Hall–Kier alpha value is -0.693. The molecular formula is C21H36O4SSi. The van der Waals surface area contributed by atoms with E-state index in [9.17, 15) is 8.42 Å². The molecule has 0 N–H and O–H groups in total. The molecule has 6 heteroatoms. The molecule has 0 amide bonds. The van der Waals surface area contributed by atoms with Crippen molar-refractivity contribution in [2.75, 3.05) is 12.9 Å². The maximum atomic E-state index is 11.3. The Bertz CT molecular complexity index is 715. The summed E-state index contributed by atoms with van der Waals surface area (Å²) >= 11 is 0. The minimum atomic E-state index is -3.43. The van der Waals surface area contributed by atoms with Crippen LogP contribution in [0.1, 0.15) is 65.5 Å². The zero-order valence-electron chi connectivity index (χ0n) is 17.9. The maximum Gasteiger partial charge on any atom is 0.264 e. The summed E-state index contributed by atoms with van der Waals surface area (Å²) in [5.41, 5.74) is 3.94. The van der Waals surface area contributed by atoms with Gasteiger partial charge in [-0.1, -0.05) is 65.8 Å². The highest BCUT2D eigenvalue weighted by atomic mass is 32.2. The van der Waals surface area contributed by atoms with Gasteiger partial charge in [0.25, 0.3) is 10.1 Å². The zero-order valence-corrected chi connectivity index (χ0v) is 19.7. The van der Waals surface area contributed by atoms with Gasteiger partial charge in [-0.05, 0) is 40.6 Å². The highest BCUT2D eigenvalue weighted by Gasteiger charge is 2.50. The molecule has 0 radical (unpaired) electrons. The molecule has 0 aliphatic heterocycles. The van der Waals surface area contributed by atoms with Gasteiger partial charge < -0.3 is 4.43 Å². The summed E-state index contributed by atoms with van der Waals surface area (Å²) in [6.07, 6.45) is 3.34. The molecule has 27 heavy (non-hydrogen) atoms. The third-order valence-electron chi connectivity index (χ3n) is 6.14. The van der Waals surface area contributed by atoms with Gasteiger partial charge in [-0.2, -0.15) is 8.42 Å². The molecule has 1 aromatic rings.